The van der Waals surface area contributed by atoms with Crippen LogP contribution in [-0.2, 0) is 9.47 Å². The number of nitrogens with one attached hydrogen (secondary N) is 1. The number of carbonyl (C=O) groups excluding carboxylic acids is 2. The van der Waals surface area contributed by atoms with Gasteiger partial charge in [-0.2, -0.15) is 0 Å². The van der Waals surface area contributed by atoms with Crippen molar-refractivity contribution in [2.75, 3.05) is 25.5 Å². The molecule has 11 heteroatoms. The van der Waals surface area contributed by atoms with Crippen molar-refractivity contribution in [3.8, 4) is 5.88 Å². The topological polar surface area (TPSA) is 116 Å². The largest absolute Gasteiger partial charge is 0.471 e. The summed E-state index contributed by atoms with van der Waals surface area (Å²) in [4.78, 5) is 40.6. The van der Waals surface area contributed by atoms with Crippen LogP contribution in [0.2, 0.25) is 0 Å². The van der Waals surface area contributed by atoms with E-state index in [0.717, 1.165) is 23.8 Å². The first-order chi connectivity index (χ1) is 16.7. The Balaban J connectivity index is 1.55. The highest BCUT2D eigenvalue weighted by atomic mass is 32.1. The molecule has 0 saturated carbocycles. The number of likely N-dealkylation sites (tertiary alicyclic amines) is 1. The molecular formula is C24H29N5O5S. The number of aryl methyl sites for hydroxylation is 1. The van der Waals surface area contributed by atoms with Gasteiger partial charge in [0, 0.05) is 12.7 Å². The van der Waals surface area contributed by atoms with Gasteiger partial charge in [-0.25, -0.2) is 24.5 Å². The molecule has 0 unspecified atom stereocenters. The van der Waals surface area contributed by atoms with Gasteiger partial charge in [0.1, 0.15) is 39.2 Å². The third kappa shape index (κ3) is 5.61. The van der Waals surface area contributed by atoms with Gasteiger partial charge in [0.2, 0.25) is 5.88 Å². The summed E-state index contributed by atoms with van der Waals surface area (Å²) in [6, 6.07) is 3.63. The fourth-order valence-electron chi connectivity index (χ4n) is 3.85. The summed E-state index contributed by atoms with van der Waals surface area (Å²) < 4.78 is 16.6. The van der Waals surface area contributed by atoms with Gasteiger partial charge in [0.05, 0.1) is 19.0 Å². The summed E-state index contributed by atoms with van der Waals surface area (Å²) in [6.45, 7) is 8.43. The number of hydrogen-bond donors (Lipinski definition) is 1. The molecule has 3 aromatic heterocycles. The number of rotatable bonds is 5. The predicted octanol–water partition coefficient (Wildman–Crippen LogP) is 4.70. The lowest BCUT2D eigenvalue weighted by Gasteiger charge is -2.34. The molecule has 10 nitrogen and oxygen atoms in total. The highest BCUT2D eigenvalue weighted by molar-refractivity contribution is 7.20. The number of thiophene rings is 1. The maximum Gasteiger partial charge on any atom is 0.410 e. The zero-order valence-electron chi connectivity index (χ0n) is 20.5. The lowest BCUT2D eigenvalue weighted by Crippen LogP contribution is -2.46. The number of pyridine rings is 1. The number of nitrogens with zero attached hydrogens (tertiary/aromatic N) is 4. The van der Waals surface area contributed by atoms with Crippen LogP contribution in [0.15, 0.2) is 24.7 Å². The minimum Gasteiger partial charge on any atom is -0.471 e. The molecule has 0 aromatic carbocycles. The minimum atomic E-state index is -0.556. The van der Waals surface area contributed by atoms with Crippen LogP contribution in [0.3, 0.4) is 0 Å². The second-order valence-electron chi connectivity index (χ2n) is 9.24. The number of esters is 1. The maximum absolute atomic E-state index is 12.5. The van der Waals surface area contributed by atoms with E-state index in [0.29, 0.717) is 40.2 Å². The first-order valence-electron chi connectivity index (χ1n) is 11.4. The Labute approximate surface area is 207 Å². The summed E-state index contributed by atoms with van der Waals surface area (Å²) in [5.74, 6) is 0.529. The number of aromatic nitrogens is 3. The molecule has 1 aliphatic rings. The molecule has 1 atom stereocenters. The van der Waals surface area contributed by atoms with Crippen molar-refractivity contribution >= 4 is 45.1 Å². The van der Waals surface area contributed by atoms with Gasteiger partial charge in [-0.05, 0) is 58.2 Å². The molecule has 1 amide bonds. The third-order valence-corrected chi connectivity index (χ3v) is 6.61. The number of piperidine rings is 1. The average Bonchev–Trinajstić information content (AvgIpc) is 3.16. The van der Waals surface area contributed by atoms with E-state index >= 15 is 0 Å². The fraction of sp³-hybridized carbons (Fsp3) is 0.458. The highest BCUT2D eigenvalue weighted by Gasteiger charge is 2.29. The van der Waals surface area contributed by atoms with Crippen LogP contribution >= 0.6 is 11.3 Å². The molecule has 0 bridgehead atoms. The Morgan fingerprint density at radius 1 is 1.23 bits per heavy atom. The van der Waals surface area contributed by atoms with Crippen LogP contribution in [0.1, 0.15) is 48.8 Å². The van der Waals surface area contributed by atoms with E-state index < -0.39 is 11.6 Å². The number of amides is 1. The van der Waals surface area contributed by atoms with Gasteiger partial charge < -0.3 is 24.4 Å². The maximum atomic E-state index is 12.5. The summed E-state index contributed by atoms with van der Waals surface area (Å²) in [6.07, 6.45) is 4.11. The average molecular weight is 500 g/mol. The molecule has 1 fully saturated rings. The molecule has 3 aromatic rings. The van der Waals surface area contributed by atoms with E-state index in [-0.39, 0.29) is 12.2 Å². The summed E-state index contributed by atoms with van der Waals surface area (Å²) in [5, 5.41) is 4.03. The van der Waals surface area contributed by atoms with Crippen molar-refractivity contribution in [3.05, 3.63) is 35.1 Å². The van der Waals surface area contributed by atoms with Gasteiger partial charge in [0.25, 0.3) is 0 Å². The van der Waals surface area contributed by atoms with E-state index in [1.54, 1.807) is 17.2 Å². The van der Waals surface area contributed by atoms with E-state index in [1.807, 2.05) is 33.8 Å². The Morgan fingerprint density at radius 2 is 2.03 bits per heavy atom. The van der Waals surface area contributed by atoms with E-state index in [9.17, 15) is 9.59 Å². The first-order valence-corrected chi connectivity index (χ1v) is 12.2. The van der Waals surface area contributed by atoms with E-state index in [4.69, 9.17) is 14.2 Å². The first kappa shape index (κ1) is 24.6. The zero-order chi connectivity index (χ0) is 25.2. The van der Waals surface area contributed by atoms with Gasteiger partial charge in [-0.1, -0.05) is 0 Å². The van der Waals surface area contributed by atoms with Crippen molar-refractivity contribution in [2.45, 2.75) is 52.2 Å². The van der Waals surface area contributed by atoms with Crippen molar-refractivity contribution in [3.63, 3.8) is 0 Å². The van der Waals surface area contributed by atoms with Crippen LogP contribution in [0.25, 0.3) is 10.2 Å². The van der Waals surface area contributed by atoms with E-state index in [2.05, 4.69) is 20.3 Å². The van der Waals surface area contributed by atoms with Gasteiger partial charge >= 0.3 is 12.1 Å². The summed E-state index contributed by atoms with van der Waals surface area (Å²) >= 11 is 1.26. The molecule has 1 aliphatic heterocycles. The molecule has 0 spiro atoms. The number of hydrogen-bond acceptors (Lipinski definition) is 10. The Morgan fingerprint density at radius 3 is 2.77 bits per heavy atom. The minimum absolute atomic E-state index is 0.231. The van der Waals surface area contributed by atoms with Crippen molar-refractivity contribution in [1.82, 2.24) is 19.9 Å². The lowest BCUT2D eigenvalue weighted by molar-refractivity contribution is 0.00732. The van der Waals surface area contributed by atoms with Gasteiger partial charge in [-0.15, -0.1) is 11.3 Å². The summed E-state index contributed by atoms with van der Waals surface area (Å²) in [7, 11) is 1.35. The molecule has 1 saturated heterocycles. The van der Waals surface area contributed by atoms with Gasteiger partial charge in [-0.3, -0.25) is 0 Å². The number of ether oxygens (including phenoxy) is 3. The SMILES string of the molecule is COC(=O)c1sc2ncnc(Nc3cccnc3O[C@H]3CCCN(C(=O)OC(C)(C)C)C3)c2c1C. The molecule has 1 N–H and O–H groups in total. The fourth-order valence-corrected chi connectivity index (χ4v) is 4.91. The van der Waals surface area contributed by atoms with Crippen LogP contribution in [0.4, 0.5) is 16.3 Å². The van der Waals surface area contributed by atoms with E-state index in [1.165, 1.54) is 24.8 Å². The third-order valence-electron chi connectivity index (χ3n) is 5.43. The van der Waals surface area contributed by atoms with Crippen molar-refractivity contribution in [2.24, 2.45) is 0 Å². The van der Waals surface area contributed by atoms with Crippen molar-refractivity contribution in [1.29, 1.82) is 0 Å². The number of methoxy groups -OCH3 is 1. The van der Waals surface area contributed by atoms with Crippen LogP contribution in [0, 0.1) is 6.92 Å². The number of fused-ring (bicyclic) bond motifs is 1. The van der Waals surface area contributed by atoms with Crippen LogP contribution in [-0.4, -0.2) is 63.8 Å². The lowest BCUT2D eigenvalue weighted by atomic mass is 10.1. The molecule has 186 valence electrons. The standard InChI is InChI=1S/C24H29N5O5S/c1-14-17-19(26-13-27-21(17)35-18(14)22(30)32-5)28-16-9-6-10-25-20(16)33-15-8-7-11-29(12-15)23(31)34-24(2,3)4/h6,9-10,13,15H,7-8,11-12H2,1-5H3,(H,26,27,28)/t15-/m0/s1. The highest BCUT2D eigenvalue weighted by Crippen LogP contribution is 2.36. The molecule has 0 aliphatic carbocycles. The molecular weight excluding hydrogens is 470 g/mol. The number of anilines is 2. The second kappa shape index (κ2) is 10.0. The Kier molecular flexibility index (Phi) is 7.06. The van der Waals surface area contributed by atoms with Crippen LogP contribution in [0.5, 0.6) is 5.88 Å². The smallest absolute Gasteiger partial charge is 0.410 e. The number of carbonyl (C=O) groups is 2. The summed E-state index contributed by atoms with van der Waals surface area (Å²) in [5.41, 5.74) is 0.804. The molecule has 4 heterocycles. The monoisotopic (exact) mass is 499 g/mol. The molecule has 4 rings (SSSR count). The van der Waals surface area contributed by atoms with Gasteiger partial charge in [0.15, 0.2) is 0 Å². The normalized spacial score (nSPS) is 16.1. The Bertz CT molecular complexity index is 1240. The zero-order valence-corrected chi connectivity index (χ0v) is 21.3. The molecule has 0 radical (unpaired) electrons. The molecule has 35 heavy (non-hydrogen) atoms. The quantitative estimate of drug-likeness (QED) is 0.499. The Hall–Kier alpha value is -3.47. The second-order valence-corrected chi connectivity index (χ2v) is 10.2. The predicted molar refractivity (Wildman–Crippen MR) is 132 cm³/mol. The van der Waals surface area contributed by atoms with Crippen molar-refractivity contribution < 1.29 is 23.8 Å². The van der Waals surface area contributed by atoms with Crippen LogP contribution < -0.4 is 10.1 Å².